The van der Waals surface area contributed by atoms with Gasteiger partial charge in [0.15, 0.2) is 12.3 Å². The zero-order valence-electron chi connectivity index (χ0n) is 19.1. The van der Waals surface area contributed by atoms with Crippen LogP contribution in [0.25, 0.3) is 11.1 Å². The maximum atomic E-state index is 12.7. The van der Waals surface area contributed by atoms with Gasteiger partial charge in [-0.15, -0.1) is 11.3 Å². The fourth-order valence-corrected chi connectivity index (χ4v) is 4.36. The molecule has 2 heterocycles. The number of carbonyl (C=O) groups excluding carboxylic acids is 3. The van der Waals surface area contributed by atoms with E-state index in [4.69, 9.17) is 9.47 Å². The lowest BCUT2D eigenvalue weighted by Crippen LogP contribution is -2.26. The molecule has 2 aromatic heterocycles. The first-order chi connectivity index (χ1) is 16.3. The molecule has 3 rings (SSSR count). The highest BCUT2D eigenvalue weighted by Crippen LogP contribution is 2.40. The van der Waals surface area contributed by atoms with Crippen LogP contribution in [-0.2, 0) is 20.8 Å². The Morgan fingerprint density at radius 1 is 1.03 bits per heavy atom. The molecule has 0 spiro atoms. The molecule has 0 atom stereocenters. The van der Waals surface area contributed by atoms with E-state index >= 15 is 0 Å². The van der Waals surface area contributed by atoms with Crippen molar-refractivity contribution in [1.82, 2.24) is 9.78 Å². The van der Waals surface area contributed by atoms with E-state index in [1.54, 1.807) is 6.92 Å². The molecule has 34 heavy (non-hydrogen) atoms. The van der Waals surface area contributed by atoms with Crippen molar-refractivity contribution in [3.05, 3.63) is 69.0 Å². The summed E-state index contributed by atoms with van der Waals surface area (Å²) in [5.74, 6) is -2.01. The van der Waals surface area contributed by atoms with Crippen molar-refractivity contribution in [1.29, 1.82) is 0 Å². The molecule has 0 bridgehead atoms. The zero-order chi connectivity index (χ0) is 24.7. The highest BCUT2D eigenvalue weighted by atomic mass is 32.1. The van der Waals surface area contributed by atoms with Gasteiger partial charge >= 0.3 is 11.9 Å². The summed E-state index contributed by atoms with van der Waals surface area (Å²) in [6.45, 7) is 5.38. The Morgan fingerprint density at radius 3 is 2.44 bits per heavy atom. The van der Waals surface area contributed by atoms with Crippen molar-refractivity contribution in [3.63, 3.8) is 0 Å². The van der Waals surface area contributed by atoms with Gasteiger partial charge in [-0.3, -0.25) is 9.59 Å². The number of carbonyl (C=O) groups is 3. The van der Waals surface area contributed by atoms with Gasteiger partial charge in [-0.1, -0.05) is 37.3 Å². The summed E-state index contributed by atoms with van der Waals surface area (Å²) in [4.78, 5) is 50.2. The van der Waals surface area contributed by atoms with Gasteiger partial charge in [0.2, 0.25) is 0 Å². The summed E-state index contributed by atoms with van der Waals surface area (Å²) in [7, 11) is 0. The number of esters is 2. The van der Waals surface area contributed by atoms with Gasteiger partial charge in [0.1, 0.15) is 10.6 Å². The lowest BCUT2D eigenvalue weighted by atomic mass is 10.0. The van der Waals surface area contributed by atoms with Gasteiger partial charge in [0.25, 0.3) is 11.5 Å². The summed E-state index contributed by atoms with van der Waals surface area (Å²) in [5.41, 5.74) is 1.35. The van der Waals surface area contributed by atoms with Gasteiger partial charge < -0.3 is 14.8 Å². The Balaban J connectivity index is 1.77. The van der Waals surface area contributed by atoms with E-state index in [0.717, 1.165) is 10.4 Å². The predicted octanol–water partition coefficient (Wildman–Crippen LogP) is 3.66. The minimum Gasteiger partial charge on any atom is -0.462 e. The topological polar surface area (TPSA) is 117 Å². The van der Waals surface area contributed by atoms with Crippen LogP contribution in [-0.4, -0.2) is 40.8 Å². The third-order valence-electron chi connectivity index (χ3n) is 4.72. The van der Waals surface area contributed by atoms with E-state index in [9.17, 15) is 19.2 Å². The average Bonchev–Trinajstić information content (AvgIpc) is 3.15. The number of aromatic nitrogens is 2. The van der Waals surface area contributed by atoms with Crippen LogP contribution in [0.4, 0.5) is 5.00 Å². The first-order valence-corrected chi connectivity index (χ1v) is 11.6. The van der Waals surface area contributed by atoms with E-state index in [1.165, 1.54) is 28.2 Å². The van der Waals surface area contributed by atoms with E-state index in [1.807, 2.05) is 44.2 Å². The van der Waals surface area contributed by atoms with E-state index in [0.29, 0.717) is 23.5 Å². The second-order valence-electron chi connectivity index (χ2n) is 7.23. The van der Waals surface area contributed by atoms with Crippen LogP contribution in [0.1, 0.15) is 46.0 Å². The van der Waals surface area contributed by atoms with E-state index < -0.39 is 24.5 Å². The van der Waals surface area contributed by atoms with Crippen LogP contribution >= 0.6 is 11.3 Å². The number of ether oxygens (including phenoxy) is 2. The molecule has 10 heteroatoms. The number of hydrogen-bond acceptors (Lipinski definition) is 8. The summed E-state index contributed by atoms with van der Waals surface area (Å²) >= 11 is 1.23. The molecule has 9 nitrogen and oxygen atoms in total. The number of rotatable bonds is 9. The molecule has 3 aromatic rings. The second-order valence-corrected chi connectivity index (χ2v) is 8.45. The van der Waals surface area contributed by atoms with Crippen LogP contribution in [0.3, 0.4) is 0 Å². The Morgan fingerprint density at radius 2 is 1.76 bits per heavy atom. The number of nitrogens with zero attached hydrogens (tertiary/aromatic N) is 2. The molecule has 178 valence electrons. The van der Waals surface area contributed by atoms with Crippen molar-refractivity contribution in [3.8, 4) is 11.1 Å². The molecule has 0 saturated carbocycles. The fourth-order valence-electron chi connectivity index (χ4n) is 3.28. The Labute approximate surface area is 200 Å². The lowest BCUT2D eigenvalue weighted by Gasteiger charge is -2.10. The highest BCUT2D eigenvalue weighted by molar-refractivity contribution is 7.17. The smallest absolute Gasteiger partial charge is 0.359 e. The van der Waals surface area contributed by atoms with Gasteiger partial charge in [-0.05, 0) is 31.9 Å². The molecule has 0 aliphatic rings. The quantitative estimate of drug-likeness (QED) is 0.462. The van der Waals surface area contributed by atoms with Crippen molar-refractivity contribution in [2.45, 2.75) is 33.7 Å². The van der Waals surface area contributed by atoms with Gasteiger partial charge in [0, 0.05) is 23.1 Å². The number of benzene rings is 1. The van der Waals surface area contributed by atoms with Crippen molar-refractivity contribution in [2.75, 3.05) is 18.5 Å². The van der Waals surface area contributed by atoms with Crippen molar-refractivity contribution < 1.29 is 23.9 Å². The number of thiophene rings is 1. The predicted molar refractivity (Wildman–Crippen MR) is 128 cm³/mol. The fraction of sp³-hybridized carbons (Fsp3) is 0.292. The minimum atomic E-state index is -0.835. The molecule has 0 aliphatic heterocycles. The zero-order valence-corrected chi connectivity index (χ0v) is 19.9. The van der Waals surface area contributed by atoms with Crippen LogP contribution in [0, 0.1) is 6.92 Å². The molecule has 0 unspecified atom stereocenters. The van der Waals surface area contributed by atoms with Crippen molar-refractivity contribution in [2.24, 2.45) is 0 Å². The van der Waals surface area contributed by atoms with Crippen LogP contribution < -0.4 is 10.9 Å². The van der Waals surface area contributed by atoms with Crippen LogP contribution in [0.15, 0.2) is 47.3 Å². The number of anilines is 1. The molecular weight excluding hydrogens is 458 g/mol. The van der Waals surface area contributed by atoms with E-state index in [2.05, 4.69) is 10.4 Å². The molecule has 0 radical (unpaired) electrons. The molecule has 0 saturated heterocycles. The minimum absolute atomic E-state index is 0.0774. The SMILES string of the molecule is CCCn1nc(C(=O)OCC(=O)Nc2sc(C)c(-c3ccccc3)c2C(=O)OCC)ccc1=O. The van der Waals surface area contributed by atoms with Crippen LogP contribution in [0.5, 0.6) is 0 Å². The Kier molecular flexibility index (Phi) is 8.31. The molecule has 0 aliphatic carbocycles. The monoisotopic (exact) mass is 483 g/mol. The second kappa shape index (κ2) is 11.4. The summed E-state index contributed by atoms with van der Waals surface area (Å²) < 4.78 is 11.5. The summed E-state index contributed by atoms with van der Waals surface area (Å²) in [5, 5.41) is 6.93. The Bertz CT molecular complexity index is 1250. The van der Waals surface area contributed by atoms with Crippen molar-refractivity contribution >= 4 is 34.2 Å². The maximum absolute atomic E-state index is 12.7. The lowest BCUT2D eigenvalue weighted by molar-refractivity contribution is -0.119. The third kappa shape index (κ3) is 5.76. The number of aryl methyl sites for hydroxylation is 2. The number of amides is 1. The largest absolute Gasteiger partial charge is 0.462 e. The number of hydrogen-bond donors (Lipinski definition) is 1. The van der Waals surface area contributed by atoms with Crippen LogP contribution in [0.2, 0.25) is 0 Å². The highest BCUT2D eigenvalue weighted by Gasteiger charge is 2.25. The molecule has 1 N–H and O–H groups in total. The maximum Gasteiger partial charge on any atom is 0.359 e. The number of nitrogens with one attached hydrogen (secondary N) is 1. The van der Waals surface area contributed by atoms with Gasteiger partial charge in [0.05, 0.1) is 6.61 Å². The normalized spacial score (nSPS) is 10.6. The average molecular weight is 484 g/mol. The van der Waals surface area contributed by atoms with Gasteiger partial charge in [-0.25, -0.2) is 14.3 Å². The summed E-state index contributed by atoms with van der Waals surface area (Å²) in [6.07, 6.45) is 0.668. The molecule has 1 amide bonds. The molecular formula is C24H25N3O6S. The summed E-state index contributed by atoms with van der Waals surface area (Å²) in [6, 6.07) is 11.8. The molecule has 1 aromatic carbocycles. The third-order valence-corrected chi connectivity index (χ3v) is 5.75. The van der Waals surface area contributed by atoms with Gasteiger partial charge in [-0.2, -0.15) is 5.10 Å². The molecule has 0 fully saturated rings. The van der Waals surface area contributed by atoms with E-state index in [-0.39, 0.29) is 23.4 Å². The first kappa shape index (κ1) is 24.8. The Hall–Kier alpha value is -3.79. The first-order valence-electron chi connectivity index (χ1n) is 10.8. The standard InChI is InChI=1S/C24H25N3O6S/c1-4-13-27-19(29)12-11-17(26-27)23(30)33-14-18(28)25-22-21(24(31)32-5-2)20(15(3)34-22)16-9-7-6-8-10-16/h6-12H,4-5,13-14H2,1-3H3,(H,25,28).